The number of para-hydroxylation sites is 1. The lowest BCUT2D eigenvalue weighted by Gasteiger charge is -2.05. The van der Waals surface area contributed by atoms with Gasteiger partial charge in [-0.2, -0.15) is 0 Å². The van der Waals surface area contributed by atoms with E-state index in [0.29, 0.717) is 22.0 Å². The van der Waals surface area contributed by atoms with Crippen LogP contribution in [-0.4, -0.2) is 22.0 Å². The van der Waals surface area contributed by atoms with Crippen molar-refractivity contribution in [1.29, 1.82) is 0 Å². The van der Waals surface area contributed by atoms with E-state index in [1.54, 1.807) is 36.4 Å². The Hall–Kier alpha value is -4.30. The number of hydrogen-bond donors (Lipinski definition) is 2. The van der Waals surface area contributed by atoms with Crippen molar-refractivity contribution in [2.45, 2.75) is 0 Å². The Bertz CT molecular complexity index is 1380. The SMILES string of the molecule is O=C(Nc1nnc(-c2ccccc2)s1)c1ccc(NC(=O)c2cc3ccccc3o2)cc1. The van der Waals surface area contributed by atoms with Crippen LogP contribution >= 0.6 is 11.3 Å². The summed E-state index contributed by atoms with van der Waals surface area (Å²) < 4.78 is 5.58. The third-order valence-corrected chi connectivity index (χ3v) is 5.61. The number of nitrogens with one attached hydrogen (secondary N) is 2. The Kier molecular flexibility index (Phi) is 5.19. The smallest absolute Gasteiger partial charge is 0.291 e. The zero-order chi connectivity index (χ0) is 21.9. The fourth-order valence-corrected chi connectivity index (χ4v) is 3.88. The van der Waals surface area contributed by atoms with Crippen molar-refractivity contribution < 1.29 is 14.0 Å². The van der Waals surface area contributed by atoms with E-state index in [2.05, 4.69) is 20.8 Å². The van der Waals surface area contributed by atoms with Crippen LogP contribution in [0, 0.1) is 0 Å². The van der Waals surface area contributed by atoms with E-state index >= 15 is 0 Å². The molecule has 0 fully saturated rings. The second kappa shape index (κ2) is 8.44. The van der Waals surface area contributed by atoms with Gasteiger partial charge in [-0.1, -0.05) is 59.9 Å². The van der Waals surface area contributed by atoms with Gasteiger partial charge in [-0.3, -0.25) is 14.9 Å². The van der Waals surface area contributed by atoms with Crippen LogP contribution in [0.4, 0.5) is 10.8 Å². The molecule has 7 nitrogen and oxygen atoms in total. The summed E-state index contributed by atoms with van der Waals surface area (Å²) in [5, 5.41) is 15.7. The molecule has 0 bridgehead atoms. The predicted octanol–water partition coefficient (Wildman–Crippen LogP) is 5.46. The summed E-state index contributed by atoms with van der Waals surface area (Å²) in [4.78, 5) is 25.0. The lowest BCUT2D eigenvalue weighted by atomic mass is 10.2. The van der Waals surface area contributed by atoms with Crippen LogP contribution < -0.4 is 10.6 Å². The first-order valence-corrected chi connectivity index (χ1v) is 10.6. The molecule has 32 heavy (non-hydrogen) atoms. The second-order valence-corrected chi connectivity index (χ2v) is 7.89. The third kappa shape index (κ3) is 4.12. The van der Waals surface area contributed by atoms with Gasteiger partial charge in [-0.25, -0.2) is 0 Å². The maximum Gasteiger partial charge on any atom is 0.291 e. The molecule has 156 valence electrons. The maximum atomic E-state index is 12.5. The van der Waals surface area contributed by atoms with Gasteiger partial charge in [0.1, 0.15) is 10.6 Å². The number of hydrogen-bond acceptors (Lipinski definition) is 6. The van der Waals surface area contributed by atoms with Gasteiger partial charge in [0.15, 0.2) is 5.76 Å². The van der Waals surface area contributed by atoms with E-state index < -0.39 is 0 Å². The van der Waals surface area contributed by atoms with E-state index in [4.69, 9.17) is 4.42 Å². The summed E-state index contributed by atoms with van der Waals surface area (Å²) in [6, 6.07) is 25.3. The van der Waals surface area contributed by atoms with Crippen LogP contribution in [-0.2, 0) is 0 Å². The van der Waals surface area contributed by atoms with Crippen molar-refractivity contribution in [1.82, 2.24) is 10.2 Å². The average Bonchev–Trinajstić information content (AvgIpc) is 3.47. The topological polar surface area (TPSA) is 97.1 Å². The number of benzene rings is 3. The minimum atomic E-state index is -0.360. The molecule has 0 aliphatic rings. The molecule has 2 aromatic heterocycles. The summed E-state index contributed by atoms with van der Waals surface area (Å²) in [6.45, 7) is 0. The van der Waals surface area contributed by atoms with Gasteiger partial charge >= 0.3 is 0 Å². The molecule has 0 atom stereocenters. The standard InChI is InChI=1S/C24H16N4O3S/c29-21(26-24-28-27-23(32-24)16-6-2-1-3-7-16)15-10-12-18(13-11-15)25-22(30)20-14-17-8-4-5-9-19(17)31-20/h1-14H,(H,25,30)(H,26,28,29). The molecule has 5 rings (SSSR count). The minimum absolute atomic E-state index is 0.221. The summed E-state index contributed by atoms with van der Waals surface area (Å²) in [5.74, 6) is -0.449. The number of furan rings is 1. The molecule has 0 spiro atoms. The highest BCUT2D eigenvalue weighted by Crippen LogP contribution is 2.26. The Balaban J connectivity index is 1.24. The number of rotatable bonds is 5. The summed E-state index contributed by atoms with van der Waals surface area (Å²) in [6.07, 6.45) is 0. The van der Waals surface area contributed by atoms with Crippen LogP contribution in [0.1, 0.15) is 20.9 Å². The molecule has 0 unspecified atom stereocenters. The van der Waals surface area contributed by atoms with Crippen LogP contribution in [0.15, 0.2) is 89.3 Å². The van der Waals surface area contributed by atoms with Crippen molar-refractivity contribution >= 4 is 44.9 Å². The quantitative estimate of drug-likeness (QED) is 0.378. The molecular formula is C24H16N4O3S. The first-order valence-electron chi connectivity index (χ1n) is 9.76. The molecule has 0 aliphatic carbocycles. The number of carbonyl (C=O) groups excluding carboxylic acids is 2. The molecule has 0 saturated carbocycles. The minimum Gasteiger partial charge on any atom is -0.451 e. The van der Waals surface area contributed by atoms with Gasteiger partial charge in [-0.15, -0.1) is 10.2 Å². The van der Waals surface area contributed by atoms with Gasteiger partial charge in [0, 0.05) is 22.2 Å². The summed E-state index contributed by atoms with van der Waals surface area (Å²) in [5.41, 5.74) is 2.57. The summed E-state index contributed by atoms with van der Waals surface area (Å²) >= 11 is 1.30. The normalized spacial score (nSPS) is 10.8. The molecule has 0 radical (unpaired) electrons. The van der Waals surface area contributed by atoms with Crippen LogP contribution in [0.5, 0.6) is 0 Å². The second-order valence-electron chi connectivity index (χ2n) is 6.91. The number of nitrogens with zero attached hydrogens (tertiary/aromatic N) is 2. The monoisotopic (exact) mass is 440 g/mol. The van der Waals surface area contributed by atoms with Crippen LogP contribution in [0.2, 0.25) is 0 Å². The van der Waals surface area contributed by atoms with Crippen molar-refractivity contribution in [3.8, 4) is 10.6 Å². The van der Waals surface area contributed by atoms with E-state index in [0.717, 1.165) is 16.0 Å². The highest BCUT2D eigenvalue weighted by atomic mass is 32.1. The van der Waals surface area contributed by atoms with E-state index in [9.17, 15) is 9.59 Å². The number of anilines is 2. The van der Waals surface area contributed by atoms with Gasteiger partial charge in [-0.05, 0) is 36.4 Å². The van der Waals surface area contributed by atoms with E-state index in [1.807, 2.05) is 48.5 Å². The van der Waals surface area contributed by atoms with Gasteiger partial charge in [0.2, 0.25) is 5.13 Å². The molecular weight excluding hydrogens is 424 g/mol. The van der Waals surface area contributed by atoms with Crippen molar-refractivity contribution in [3.05, 3.63) is 96.3 Å². The average molecular weight is 440 g/mol. The first kappa shape index (κ1) is 19.7. The number of aromatic nitrogens is 2. The van der Waals surface area contributed by atoms with Crippen molar-refractivity contribution in [3.63, 3.8) is 0 Å². The fraction of sp³-hybridized carbons (Fsp3) is 0. The lowest BCUT2D eigenvalue weighted by Crippen LogP contribution is -2.13. The first-order chi connectivity index (χ1) is 15.7. The Morgan fingerprint density at radius 2 is 1.53 bits per heavy atom. The molecule has 8 heteroatoms. The molecule has 3 aromatic carbocycles. The van der Waals surface area contributed by atoms with Crippen molar-refractivity contribution in [2.24, 2.45) is 0 Å². The fourth-order valence-electron chi connectivity index (χ4n) is 3.13. The van der Waals surface area contributed by atoms with Crippen LogP contribution in [0.25, 0.3) is 21.5 Å². The van der Waals surface area contributed by atoms with Gasteiger partial charge in [0.25, 0.3) is 11.8 Å². The molecule has 2 N–H and O–H groups in total. The number of amides is 2. The zero-order valence-electron chi connectivity index (χ0n) is 16.6. The predicted molar refractivity (Wildman–Crippen MR) is 124 cm³/mol. The maximum absolute atomic E-state index is 12.5. The molecule has 5 aromatic rings. The highest BCUT2D eigenvalue weighted by Gasteiger charge is 2.14. The zero-order valence-corrected chi connectivity index (χ0v) is 17.4. The Labute approximate surface area is 186 Å². The third-order valence-electron chi connectivity index (χ3n) is 4.72. The molecule has 2 heterocycles. The van der Waals surface area contributed by atoms with E-state index in [-0.39, 0.29) is 17.6 Å². The van der Waals surface area contributed by atoms with Crippen molar-refractivity contribution in [2.75, 3.05) is 10.6 Å². The van der Waals surface area contributed by atoms with E-state index in [1.165, 1.54) is 11.3 Å². The van der Waals surface area contributed by atoms with Gasteiger partial charge in [0.05, 0.1) is 0 Å². The molecule has 2 amide bonds. The Morgan fingerprint density at radius 3 is 2.31 bits per heavy atom. The van der Waals surface area contributed by atoms with Crippen LogP contribution in [0.3, 0.4) is 0 Å². The summed E-state index contributed by atoms with van der Waals surface area (Å²) in [7, 11) is 0. The Morgan fingerprint density at radius 1 is 0.781 bits per heavy atom. The molecule has 0 saturated heterocycles. The van der Waals surface area contributed by atoms with Gasteiger partial charge < -0.3 is 9.73 Å². The lowest BCUT2D eigenvalue weighted by molar-refractivity contribution is 0.0997. The number of fused-ring (bicyclic) bond motifs is 1. The number of carbonyl (C=O) groups is 2. The molecule has 0 aliphatic heterocycles. The largest absolute Gasteiger partial charge is 0.451 e. The highest BCUT2D eigenvalue weighted by molar-refractivity contribution is 7.18.